The molecule has 0 aliphatic carbocycles. The molecular weight excluding hydrogens is 194 g/mol. The van der Waals surface area contributed by atoms with Gasteiger partial charge in [0.1, 0.15) is 24.4 Å². The van der Waals surface area contributed by atoms with Crippen LogP contribution in [0.15, 0.2) is 0 Å². The molecule has 1 unspecified atom stereocenters. The summed E-state index contributed by atoms with van der Waals surface area (Å²) in [5.74, 6) is 4.95. The summed E-state index contributed by atoms with van der Waals surface area (Å²) in [7, 11) is 1.33. The van der Waals surface area contributed by atoms with Crippen molar-refractivity contribution in [1.82, 2.24) is 0 Å². The van der Waals surface area contributed by atoms with Crippen LogP contribution >= 0.6 is 0 Å². The van der Waals surface area contributed by atoms with E-state index in [1.807, 2.05) is 0 Å². The molecule has 1 aliphatic rings. The Morgan fingerprint density at radius 2 is 2.00 bits per heavy atom. The second-order valence-electron chi connectivity index (χ2n) is 3.04. The fourth-order valence-corrected chi connectivity index (χ4v) is 1.46. The van der Waals surface area contributed by atoms with Crippen LogP contribution in [0.5, 0.6) is 0 Å². The number of methoxy groups -OCH3 is 1. The summed E-state index contributed by atoms with van der Waals surface area (Å²) in [6, 6.07) is 0. The molecule has 0 aromatic rings. The third kappa shape index (κ3) is 2.04. The van der Waals surface area contributed by atoms with Crippen molar-refractivity contribution in [1.29, 1.82) is 0 Å². The van der Waals surface area contributed by atoms with E-state index in [1.165, 1.54) is 7.11 Å². The Morgan fingerprint density at radius 1 is 1.36 bits per heavy atom. The highest BCUT2D eigenvalue weighted by molar-refractivity contribution is 4.89. The van der Waals surface area contributed by atoms with Gasteiger partial charge in [-0.1, -0.05) is 0 Å². The van der Waals surface area contributed by atoms with E-state index in [-0.39, 0.29) is 0 Å². The average molecular weight is 209 g/mol. The van der Waals surface area contributed by atoms with Crippen LogP contribution in [0, 0.1) is 0 Å². The summed E-state index contributed by atoms with van der Waals surface area (Å²) >= 11 is 0. The molecule has 84 valence electrons. The lowest BCUT2D eigenvalue weighted by Crippen LogP contribution is -2.60. The summed E-state index contributed by atoms with van der Waals surface area (Å²) in [4.78, 5) is 4.48. The molecule has 0 aromatic heterocycles. The van der Waals surface area contributed by atoms with E-state index >= 15 is 0 Å². The molecule has 1 rings (SSSR count). The first-order valence-corrected chi connectivity index (χ1v) is 4.16. The molecule has 1 heterocycles. The molecule has 5 atom stereocenters. The van der Waals surface area contributed by atoms with Gasteiger partial charge in [-0.3, -0.25) is 4.84 Å². The van der Waals surface area contributed by atoms with Crippen LogP contribution in [0.25, 0.3) is 0 Å². The van der Waals surface area contributed by atoms with Gasteiger partial charge in [0.25, 0.3) is 0 Å². The number of hydrogen-bond acceptors (Lipinski definition) is 7. The Morgan fingerprint density at radius 3 is 2.43 bits per heavy atom. The highest BCUT2D eigenvalue weighted by Gasteiger charge is 2.45. The normalized spacial score (nSPS) is 43.9. The summed E-state index contributed by atoms with van der Waals surface area (Å²) in [6.45, 7) is -0.436. The molecule has 1 saturated heterocycles. The highest BCUT2D eigenvalue weighted by atomic mass is 16.7. The number of rotatable bonds is 3. The Labute approximate surface area is 80.9 Å². The van der Waals surface area contributed by atoms with Gasteiger partial charge in [-0.15, -0.1) is 0 Å². The van der Waals surface area contributed by atoms with Crippen molar-refractivity contribution >= 4 is 0 Å². The standard InChI is InChI=1S/C7H15NO6/c1-12-6-5(14-8)4(10)3(2-9)13-7(6)11/h3-7,9-11H,2,8H2,1H3/t3?,4-,5-,6-,7-/m1/s1. The first kappa shape index (κ1) is 11.8. The lowest BCUT2D eigenvalue weighted by Gasteiger charge is -2.40. The van der Waals surface area contributed by atoms with Crippen LogP contribution in [0.3, 0.4) is 0 Å². The number of nitrogens with two attached hydrogens (primary N) is 1. The van der Waals surface area contributed by atoms with Gasteiger partial charge < -0.3 is 24.8 Å². The van der Waals surface area contributed by atoms with Crippen LogP contribution in [-0.2, 0) is 14.3 Å². The minimum atomic E-state index is -1.28. The molecule has 7 heteroatoms. The average Bonchev–Trinajstić information content (AvgIpc) is 2.20. The van der Waals surface area contributed by atoms with E-state index in [1.54, 1.807) is 0 Å². The third-order valence-corrected chi connectivity index (χ3v) is 2.25. The molecule has 0 spiro atoms. The van der Waals surface area contributed by atoms with E-state index < -0.39 is 37.3 Å². The van der Waals surface area contributed by atoms with Crippen LogP contribution in [0.1, 0.15) is 0 Å². The van der Waals surface area contributed by atoms with E-state index in [0.717, 1.165) is 0 Å². The first-order chi connectivity index (χ1) is 6.65. The lowest BCUT2D eigenvalue weighted by molar-refractivity contribution is -0.300. The van der Waals surface area contributed by atoms with E-state index in [4.69, 9.17) is 20.5 Å². The van der Waals surface area contributed by atoms with Crippen molar-refractivity contribution in [3.8, 4) is 0 Å². The van der Waals surface area contributed by atoms with Crippen LogP contribution < -0.4 is 5.90 Å². The summed E-state index contributed by atoms with van der Waals surface area (Å²) in [6.07, 6.45) is -5.16. The Hall–Kier alpha value is -0.280. The molecule has 14 heavy (non-hydrogen) atoms. The van der Waals surface area contributed by atoms with Crippen LogP contribution in [-0.4, -0.2) is 59.7 Å². The van der Waals surface area contributed by atoms with Gasteiger partial charge in [-0.2, -0.15) is 0 Å². The fourth-order valence-electron chi connectivity index (χ4n) is 1.46. The number of aliphatic hydroxyl groups is 3. The molecule has 0 aromatic carbocycles. The number of ether oxygens (including phenoxy) is 2. The Bertz CT molecular complexity index is 180. The number of hydrogen-bond donors (Lipinski definition) is 4. The van der Waals surface area contributed by atoms with Crippen molar-refractivity contribution in [2.24, 2.45) is 5.90 Å². The van der Waals surface area contributed by atoms with Crippen LogP contribution in [0.2, 0.25) is 0 Å². The fraction of sp³-hybridized carbons (Fsp3) is 1.00. The first-order valence-electron chi connectivity index (χ1n) is 4.16. The molecule has 1 fully saturated rings. The topological polar surface area (TPSA) is 114 Å². The molecule has 0 radical (unpaired) electrons. The quantitative estimate of drug-likeness (QED) is 0.375. The van der Waals surface area contributed by atoms with E-state index in [9.17, 15) is 10.2 Å². The zero-order valence-electron chi connectivity index (χ0n) is 7.74. The molecule has 0 amide bonds. The van der Waals surface area contributed by atoms with Gasteiger partial charge >= 0.3 is 0 Å². The monoisotopic (exact) mass is 209 g/mol. The largest absolute Gasteiger partial charge is 0.394 e. The minimum absolute atomic E-state index is 0.436. The molecule has 0 bridgehead atoms. The van der Waals surface area contributed by atoms with Crippen molar-refractivity contribution < 1.29 is 29.6 Å². The zero-order valence-corrected chi connectivity index (χ0v) is 7.74. The molecule has 5 N–H and O–H groups in total. The predicted octanol–water partition coefficient (Wildman–Crippen LogP) is -2.67. The zero-order chi connectivity index (χ0) is 10.7. The Balaban J connectivity index is 2.73. The van der Waals surface area contributed by atoms with Crippen molar-refractivity contribution in [2.45, 2.75) is 30.7 Å². The molecule has 7 nitrogen and oxygen atoms in total. The Kier molecular flexibility index (Phi) is 4.20. The van der Waals surface area contributed by atoms with E-state index in [2.05, 4.69) is 4.84 Å². The maximum Gasteiger partial charge on any atom is 0.184 e. The van der Waals surface area contributed by atoms with Gasteiger partial charge in [0.2, 0.25) is 0 Å². The second kappa shape index (κ2) is 4.99. The van der Waals surface area contributed by atoms with Crippen molar-refractivity contribution in [3.05, 3.63) is 0 Å². The maximum absolute atomic E-state index is 9.57. The summed E-state index contributed by atoms with van der Waals surface area (Å²) < 4.78 is 9.73. The second-order valence-corrected chi connectivity index (χ2v) is 3.04. The van der Waals surface area contributed by atoms with Gasteiger partial charge in [-0.05, 0) is 0 Å². The van der Waals surface area contributed by atoms with Crippen LogP contribution in [0.4, 0.5) is 0 Å². The predicted molar refractivity (Wildman–Crippen MR) is 43.8 cm³/mol. The summed E-state index contributed by atoms with van der Waals surface area (Å²) in [5.41, 5.74) is 0. The lowest BCUT2D eigenvalue weighted by atomic mass is 9.99. The maximum atomic E-state index is 9.57. The molecular formula is C7H15NO6. The van der Waals surface area contributed by atoms with Gasteiger partial charge in [0.05, 0.1) is 6.61 Å². The smallest absolute Gasteiger partial charge is 0.184 e. The third-order valence-electron chi connectivity index (χ3n) is 2.25. The SMILES string of the molecule is CO[C@@H]1[C@H](ON)[C@H](O)C(CO)O[C@H]1O. The molecule has 1 aliphatic heterocycles. The summed E-state index contributed by atoms with van der Waals surface area (Å²) in [5, 5.41) is 27.8. The van der Waals surface area contributed by atoms with Gasteiger partial charge in [0.15, 0.2) is 6.29 Å². The number of aliphatic hydroxyl groups excluding tert-OH is 3. The molecule has 0 saturated carbocycles. The van der Waals surface area contributed by atoms with Crippen molar-refractivity contribution in [2.75, 3.05) is 13.7 Å². The minimum Gasteiger partial charge on any atom is -0.394 e. The van der Waals surface area contributed by atoms with Gasteiger partial charge in [-0.25, -0.2) is 5.90 Å². The van der Waals surface area contributed by atoms with E-state index in [0.29, 0.717) is 0 Å². The highest BCUT2D eigenvalue weighted by Crippen LogP contribution is 2.22. The van der Waals surface area contributed by atoms with Gasteiger partial charge in [0, 0.05) is 7.11 Å². The van der Waals surface area contributed by atoms with Crippen molar-refractivity contribution in [3.63, 3.8) is 0 Å².